The molecule has 0 aromatic carbocycles. The normalized spacial score (nSPS) is 17.1. The van der Waals surface area contributed by atoms with Crippen molar-refractivity contribution in [3.63, 3.8) is 0 Å². The van der Waals surface area contributed by atoms with Gasteiger partial charge in [-0.25, -0.2) is 4.98 Å². The fourth-order valence-electron chi connectivity index (χ4n) is 2.46. The lowest BCUT2D eigenvalue weighted by Crippen LogP contribution is -2.45. The highest BCUT2D eigenvalue weighted by molar-refractivity contribution is 5.92. The van der Waals surface area contributed by atoms with E-state index in [-0.39, 0.29) is 5.78 Å². The summed E-state index contributed by atoms with van der Waals surface area (Å²) in [6, 6.07) is 6.02. The third-order valence-corrected chi connectivity index (χ3v) is 3.66. The zero-order chi connectivity index (χ0) is 13.4. The number of imidazole rings is 1. The lowest BCUT2D eigenvalue weighted by molar-refractivity contribution is 0.101. The minimum atomic E-state index is 0.00743. The van der Waals surface area contributed by atoms with Gasteiger partial charge >= 0.3 is 0 Å². The molecule has 5 heteroatoms. The third kappa shape index (κ3) is 2.21. The number of carbonyl (C=O) groups excluding carboxylic acids is 1. The summed E-state index contributed by atoms with van der Waals surface area (Å²) in [6.07, 6.45) is 1.84. The standard InChI is InChI=1S/C14H18N4O/c1-11(19)12-10-18-13(15-12)4-3-5-14(18)17-8-6-16(2)7-9-17/h3-5,10H,6-9H2,1-2H3. The molecule has 0 atom stereocenters. The molecule has 3 heterocycles. The molecule has 0 aliphatic carbocycles. The van der Waals surface area contributed by atoms with E-state index in [0.29, 0.717) is 5.69 Å². The number of hydrogen-bond donors (Lipinski definition) is 0. The largest absolute Gasteiger partial charge is 0.355 e. The quantitative estimate of drug-likeness (QED) is 0.761. The van der Waals surface area contributed by atoms with Gasteiger partial charge in [0.1, 0.15) is 17.2 Å². The van der Waals surface area contributed by atoms with Crippen molar-refractivity contribution in [2.24, 2.45) is 0 Å². The van der Waals surface area contributed by atoms with Crippen LogP contribution >= 0.6 is 0 Å². The highest BCUT2D eigenvalue weighted by Gasteiger charge is 2.17. The average molecular weight is 258 g/mol. The van der Waals surface area contributed by atoms with Crippen LogP contribution in [0.5, 0.6) is 0 Å². The Morgan fingerprint density at radius 1 is 1.21 bits per heavy atom. The number of rotatable bonds is 2. The van der Waals surface area contributed by atoms with Crippen LogP contribution in [0.3, 0.4) is 0 Å². The average Bonchev–Trinajstić information content (AvgIpc) is 2.83. The van der Waals surface area contributed by atoms with Gasteiger partial charge in [-0.05, 0) is 19.2 Å². The van der Waals surface area contributed by atoms with Gasteiger partial charge in [-0.2, -0.15) is 0 Å². The minimum absolute atomic E-state index is 0.00743. The summed E-state index contributed by atoms with van der Waals surface area (Å²) in [7, 11) is 2.14. The van der Waals surface area contributed by atoms with Crippen LogP contribution in [-0.2, 0) is 0 Å². The molecule has 3 rings (SSSR count). The molecule has 0 bridgehead atoms. The third-order valence-electron chi connectivity index (χ3n) is 3.66. The molecule has 19 heavy (non-hydrogen) atoms. The Morgan fingerprint density at radius 2 is 1.95 bits per heavy atom. The molecule has 1 fully saturated rings. The number of aromatic nitrogens is 2. The predicted molar refractivity (Wildman–Crippen MR) is 74.9 cm³/mol. The maximum absolute atomic E-state index is 11.4. The molecule has 2 aromatic rings. The molecular formula is C14H18N4O. The summed E-state index contributed by atoms with van der Waals surface area (Å²) in [5, 5.41) is 0. The Kier molecular flexibility index (Phi) is 2.98. The lowest BCUT2D eigenvalue weighted by atomic mass is 10.3. The molecule has 0 N–H and O–H groups in total. The van der Waals surface area contributed by atoms with E-state index in [1.807, 2.05) is 22.7 Å². The molecule has 1 saturated heterocycles. The molecule has 0 amide bonds. The van der Waals surface area contributed by atoms with Crippen LogP contribution in [-0.4, -0.2) is 53.3 Å². The number of carbonyl (C=O) groups is 1. The Labute approximate surface area is 112 Å². The summed E-state index contributed by atoms with van der Waals surface area (Å²) in [6.45, 7) is 5.68. The molecule has 0 radical (unpaired) electrons. The van der Waals surface area contributed by atoms with Crippen LogP contribution in [0.2, 0.25) is 0 Å². The molecule has 1 aliphatic rings. The maximum atomic E-state index is 11.4. The molecule has 100 valence electrons. The van der Waals surface area contributed by atoms with Crippen LogP contribution in [0.15, 0.2) is 24.4 Å². The Balaban J connectivity index is 2.01. The van der Waals surface area contributed by atoms with E-state index < -0.39 is 0 Å². The molecular weight excluding hydrogens is 240 g/mol. The van der Waals surface area contributed by atoms with E-state index in [0.717, 1.165) is 37.6 Å². The van der Waals surface area contributed by atoms with E-state index in [4.69, 9.17) is 0 Å². The number of Topliss-reactive ketones (excluding diaryl/α,β-unsaturated/α-hetero) is 1. The van der Waals surface area contributed by atoms with Crippen molar-refractivity contribution in [1.29, 1.82) is 0 Å². The fraction of sp³-hybridized carbons (Fsp3) is 0.429. The first-order chi connectivity index (χ1) is 9.15. The summed E-state index contributed by atoms with van der Waals surface area (Å²) in [5.74, 6) is 1.12. The Morgan fingerprint density at radius 3 is 2.63 bits per heavy atom. The van der Waals surface area contributed by atoms with Crippen molar-refractivity contribution in [2.75, 3.05) is 38.1 Å². The lowest BCUT2D eigenvalue weighted by Gasteiger charge is -2.34. The number of nitrogens with zero attached hydrogens (tertiary/aromatic N) is 4. The van der Waals surface area contributed by atoms with Gasteiger partial charge in [0, 0.05) is 39.3 Å². The predicted octanol–water partition coefficient (Wildman–Crippen LogP) is 1.29. The van der Waals surface area contributed by atoms with Crippen molar-refractivity contribution in [2.45, 2.75) is 6.92 Å². The van der Waals surface area contributed by atoms with Crippen LogP contribution in [0.4, 0.5) is 5.82 Å². The van der Waals surface area contributed by atoms with Crippen LogP contribution in [0.1, 0.15) is 17.4 Å². The van der Waals surface area contributed by atoms with Crippen LogP contribution < -0.4 is 4.90 Å². The summed E-state index contributed by atoms with van der Waals surface area (Å²) in [4.78, 5) is 20.5. The zero-order valence-electron chi connectivity index (χ0n) is 11.3. The number of fused-ring (bicyclic) bond motifs is 1. The number of ketones is 1. The summed E-state index contributed by atoms with van der Waals surface area (Å²) < 4.78 is 2.02. The van der Waals surface area contributed by atoms with E-state index >= 15 is 0 Å². The Bertz CT molecular complexity index is 611. The van der Waals surface area contributed by atoms with Gasteiger partial charge in [0.25, 0.3) is 0 Å². The highest BCUT2D eigenvalue weighted by Crippen LogP contribution is 2.19. The van der Waals surface area contributed by atoms with Crippen molar-refractivity contribution in [3.8, 4) is 0 Å². The van der Waals surface area contributed by atoms with Crippen molar-refractivity contribution in [3.05, 3.63) is 30.1 Å². The zero-order valence-corrected chi connectivity index (χ0v) is 11.3. The molecule has 0 saturated carbocycles. The Hall–Kier alpha value is -1.88. The SMILES string of the molecule is CC(=O)c1cn2c(N3CCN(C)CC3)cccc2n1. The number of anilines is 1. The van der Waals surface area contributed by atoms with Gasteiger partial charge < -0.3 is 9.80 Å². The number of pyridine rings is 1. The molecule has 1 aliphatic heterocycles. The second kappa shape index (κ2) is 4.66. The van der Waals surface area contributed by atoms with Gasteiger partial charge in [-0.1, -0.05) is 6.07 Å². The smallest absolute Gasteiger partial charge is 0.179 e. The summed E-state index contributed by atoms with van der Waals surface area (Å²) >= 11 is 0. The van der Waals surface area contributed by atoms with Crippen molar-refractivity contribution < 1.29 is 4.79 Å². The molecule has 5 nitrogen and oxygen atoms in total. The number of hydrogen-bond acceptors (Lipinski definition) is 4. The van der Waals surface area contributed by atoms with E-state index in [1.54, 1.807) is 6.92 Å². The first-order valence-electron chi connectivity index (χ1n) is 6.58. The second-order valence-corrected chi connectivity index (χ2v) is 5.08. The molecule has 0 unspecified atom stereocenters. The van der Waals surface area contributed by atoms with Gasteiger partial charge in [-0.3, -0.25) is 9.20 Å². The fourth-order valence-corrected chi connectivity index (χ4v) is 2.46. The highest BCUT2D eigenvalue weighted by atomic mass is 16.1. The van der Waals surface area contributed by atoms with Crippen molar-refractivity contribution in [1.82, 2.24) is 14.3 Å². The number of piperazine rings is 1. The molecule has 2 aromatic heterocycles. The first-order valence-corrected chi connectivity index (χ1v) is 6.58. The van der Waals surface area contributed by atoms with Gasteiger partial charge in [0.15, 0.2) is 5.78 Å². The van der Waals surface area contributed by atoms with Crippen LogP contribution in [0.25, 0.3) is 5.65 Å². The number of likely N-dealkylation sites (N-methyl/N-ethyl adjacent to an activating group) is 1. The monoisotopic (exact) mass is 258 g/mol. The first kappa shape index (κ1) is 12.2. The van der Waals surface area contributed by atoms with Gasteiger partial charge in [0.05, 0.1) is 0 Å². The topological polar surface area (TPSA) is 40.9 Å². The molecule has 0 spiro atoms. The van der Waals surface area contributed by atoms with E-state index in [9.17, 15) is 4.79 Å². The van der Waals surface area contributed by atoms with E-state index in [2.05, 4.69) is 27.9 Å². The van der Waals surface area contributed by atoms with Crippen LogP contribution in [0, 0.1) is 0 Å². The summed E-state index contributed by atoms with van der Waals surface area (Å²) in [5.41, 5.74) is 1.36. The van der Waals surface area contributed by atoms with Gasteiger partial charge in [0.2, 0.25) is 0 Å². The maximum Gasteiger partial charge on any atom is 0.179 e. The van der Waals surface area contributed by atoms with Crippen molar-refractivity contribution >= 4 is 17.2 Å². The second-order valence-electron chi connectivity index (χ2n) is 5.08. The minimum Gasteiger partial charge on any atom is -0.355 e. The van der Waals surface area contributed by atoms with E-state index in [1.165, 1.54) is 0 Å². The van der Waals surface area contributed by atoms with Gasteiger partial charge in [-0.15, -0.1) is 0 Å².